The third-order valence-electron chi connectivity index (χ3n) is 4.09. The van der Waals surface area contributed by atoms with Crippen LogP contribution >= 0.6 is 12.4 Å². The van der Waals surface area contributed by atoms with Crippen molar-refractivity contribution in [2.45, 2.75) is 51.5 Å². The van der Waals surface area contributed by atoms with Crippen molar-refractivity contribution in [1.82, 2.24) is 4.90 Å². The molecule has 0 aliphatic heterocycles. The molecule has 1 fully saturated rings. The molecule has 0 radical (unpaired) electrons. The second-order valence-corrected chi connectivity index (χ2v) is 5.32. The third kappa shape index (κ3) is 4.14. The van der Waals surface area contributed by atoms with Gasteiger partial charge in [-0.3, -0.25) is 4.79 Å². The molecule has 0 spiro atoms. The summed E-state index contributed by atoms with van der Waals surface area (Å²) in [7, 11) is 0. The maximum Gasteiger partial charge on any atom is 0.223 e. The Bertz CT molecular complexity index is 430. The fourth-order valence-corrected chi connectivity index (χ4v) is 3.00. The number of anilines is 1. The molecule has 1 aliphatic carbocycles. The Morgan fingerprint density at radius 1 is 1.30 bits per heavy atom. The third-order valence-corrected chi connectivity index (χ3v) is 4.09. The number of halogens is 1. The lowest BCUT2D eigenvalue weighted by molar-refractivity contribution is -0.133. The van der Waals surface area contributed by atoms with Crippen LogP contribution in [0.15, 0.2) is 24.3 Å². The minimum Gasteiger partial charge on any atom is -0.399 e. The SMILES string of the molecule is CCN(C(=O)CCc1ccccc1N)C1CCCC1.Cl. The number of carbonyl (C=O) groups is 1. The second-order valence-electron chi connectivity index (χ2n) is 5.32. The van der Waals surface area contributed by atoms with Gasteiger partial charge in [0.15, 0.2) is 0 Å². The van der Waals surface area contributed by atoms with Crippen LogP contribution in [-0.4, -0.2) is 23.4 Å². The van der Waals surface area contributed by atoms with E-state index in [4.69, 9.17) is 5.73 Å². The molecule has 0 bridgehead atoms. The molecule has 20 heavy (non-hydrogen) atoms. The number of para-hydroxylation sites is 1. The van der Waals surface area contributed by atoms with E-state index in [1.54, 1.807) is 0 Å². The first-order valence-corrected chi connectivity index (χ1v) is 7.35. The quantitative estimate of drug-likeness (QED) is 0.846. The molecule has 0 unspecified atom stereocenters. The maximum absolute atomic E-state index is 12.3. The lowest BCUT2D eigenvalue weighted by Crippen LogP contribution is -2.38. The number of aryl methyl sites for hydroxylation is 1. The molecule has 1 aliphatic rings. The molecule has 4 heteroatoms. The zero-order valence-corrected chi connectivity index (χ0v) is 13.0. The number of hydrogen-bond acceptors (Lipinski definition) is 2. The molecule has 0 aromatic heterocycles. The summed E-state index contributed by atoms with van der Waals surface area (Å²) in [4.78, 5) is 14.4. The zero-order chi connectivity index (χ0) is 13.7. The Morgan fingerprint density at radius 2 is 1.95 bits per heavy atom. The van der Waals surface area contributed by atoms with E-state index in [2.05, 4.69) is 11.8 Å². The van der Waals surface area contributed by atoms with Crippen molar-refractivity contribution in [2.75, 3.05) is 12.3 Å². The molecule has 0 atom stereocenters. The van der Waals surface area contributed by atoms with Crippen LogP contribution in [-0.2, 0) is 11.2 Å². The molecule has 3 nitrogen and oxygen atoms in total. The summed E-state index contributed by atoms with van der Waals surface area (Å²) in [5.74, 6) is 0.276. The standard InChI is InChI=1S/C16H24N2O.ClH/c1-2-18(14-8-4-5-9-14)16(19)12-11-13-7-3-6-10-15(13)17;/h3,6-7,10,14H,2,4-5,8-9,11-12,17H2,1H3;1H. The molecule has 0 heterocycles. The van der Waals surface area contributed by atoms with Crippen LogP contribution in [0.4, 0.5) is 5.69 Å². The van der Waals surface area contributed by atoms with Crippen LogP contribution in [0.25, 0.3) is 0 Å². The van der Waals surface area contributed by atoms with Crippen LogP contribution in [0.5, 0.6) is 0 Å². The summed E-state index contributed by atoms with van der Waals surface area (Å²) in [6.45, 7) is 2.90. The van der Waals surface area contributed by atoms with Crippen molar-refractivity contribution in [3.8, 4) is 0 Å². The smallest absolute Gasteiger partial charge is 0.223 e. The molecule has 1 aromatic carbocycles. The average Bonchev–Trinajstić information content (AvgIpc) is 2.92. The van der Waals surface area contributed by atoms with Gasteiger partial charge in [-0.2, -0.15) is 0 Å². The minimum atomic E-state index is 0. The summed E-state index contributed by atoms with van der Waals surface area (Å²) in [5.41, 5.74) is 7.79. The number of rotatable bonds is 5. The van der Waals surface area contributed by atoms with Crippen LogP contribution in [0.3, 0.4) is 0 Å². The van der Waals surface area contributed by atoms with Crippen molar-refractivity contribution in [2.24, 2.45) is 0 Å². The first kappa shape index (κ1) is 16.8. The molecule has 112 valence electrons. The van der Waals surface area contributed by atoms with Crippen LogP contribution in [0.1, 0.15) is 44.6 Å². The number of hydrogen-bond donors (Lipinski definition) is 1. The van der Waals surface area contributed by atoms with Crippen LogP contribution in [0.2, 0.25) is 0 Å². The van der Waals surface area contributed by atoms with Crippen molar-refractivity contribution in [1.29, 1.82) is 0 Å². The van der Waals surface area contributed by atoms with E-state index in [0.29, 0.717) is 12.5 Å². The van der Waals surface area contributed by atoms with E-state index >= 15 is 0 Å². The highest BCUT2D eigenvalue weighted by Gasteiger charge is 2.24. The van der Waals surface area contributed by atoms with Crippen LogP contribution in [0, 0.1) is 0 Å². The number of nitrogen functional groups attached to an aromatic ring is 1. The lowest BCUT2D eigenvalue weighted by Gasteiger charge is -2.27. The van der Waals surface area contributed by atoms with Gasteiger partial charge in [0.2, 0.25) is 5.91 Å². The highest BCUT2D eigenvalue weighted by Crippen LogP contribution is 2.24. The predicted molar refractivity (Wildman–Crippen MR) is 86.1 cm³/mol. The molecule has 1 amide bonds. The largest absolute Gasteiger partial charge is 0.399 e. The van der Waals surface area contributed by atoms with Gasteiger partial charge in [0.25, 0.3) is 0 Å². The maximum atomic E-state index is 12.3. The van der Waals surface area contributed by atoms with Gasteiger partial charge in [-0.05, 0) is 37.8 Å². The Labute approximate surface area is 127 Å². The number of nitrogens with two attached hydrogens (primary N) is 1. The van der Waals surface area contributed by atoms with Crippen molar-refractivity contribution < 1.29 is 4.79 Å². The first-order chi connectivity index (χ1) is 9.22. The number of benzene rings is 1. The van der Waals surface area contributed by atoms with Gasteiger partial charge in [0, 0.05) is 24.7 Å². The van der Waals surface area contributed by atoms with Gasteiger partial charge in [-0.25, -0.2) is 0 Å². The fourth-order valence-electron chi connectivity index (χ4n) is 3.00. The molecule has 2 N–H and O–H groups in total. The number of carbonyl (C=O) groups excluding carboxylic acids is 1. The van der Waals surface area contributed by atoms with Gasteiger partial charge in [0.1, 0.15) is 0 Å². The van der Waals surface area contributed by atoms with Gasteiger partial charge in [-0.1, -0.05) is 31.0 Å². The lowest BCUT2D eigenvalue weighted by atomic mass is 10.1. The fraction of sp³-hybridized carbons (Fsp3) is 0.562. The Balaban J connectivity index is 0.00000200. The highest BCUT2D eigenvalue weighted by molar-refractivity contribution is 5.85. The molecule has 0 saturated heterocycles. The predicted octanol–water partition coefficient (Wildman–Crippen LogP) is 3.41. The summed E-state index contributed by atoms with van der Waals surface area (Å²) < 4.78 is 0. The van der Waals surface area contributed by atoms with E-state index in [0.717, 1.165) is 24.2 Å². The second kappa shape index (κ2) is 8.15. The Kier molecular flexibility index (Phi) is 6.86. The summed E-state index contributed by atoms with van der Waals surface area (Å²) in [6.07, 6.45) is 6.19. The molecule has 2 rings (SSSR count). The zero-order valence-electron chi connectivity index (χ0n) is 12.2. The topological polar surface area (TPSA) is 46.3 Å². The monoisotopic (exact) mass is 296 g/mol. The van der Waals surface area contributed by atoms with Crippen molar-refractivity contribution in [3.63, 3.8) is 0 Å². The van der Waals surface area contributed by atoms with Gasteiger partial charge < -0.3 is 10.6 Å². The summed E-state index contributed by atoms with van der Waals surface area (Å²) in [6, 6.07) is 8.29. The minimum absolute atomic E-state index is 0. The Morgan fingerprint density at radius 3 is 2.55 bits per heavy atom. The molecular weight excluding hydrogens is 272 g/mol. The first-order valence-electron chi connectivity index (χ1n) is 7.35. The van der Waals surface area contributed by atoms with E-state index in [-0.39, 0.29) is 18.3 Å². The molecule has 1 aromatic rings. The molecule has 1 saturated carbocycles. The summed E-state index contributed by atoms with van der Waals surface area (Å²) in [5, 5.41) is 0. The summed E-state index contributed by atoms with van der Waals surface area (Å²) >= 11 is 0. The molecular formula is C16H25ClN2O. The van der Waals surface area contributed by atoms with E-state index in [1.165, 1.54) is 25.7 Å². The number of amides is 1. The average molecular weight is 297 g/mol. The Hall–Kier alpha value is -1.22. The van der Waals surface area contributed by atoms with E-state index in [9.17, 15) is 4.79 Å². The van der Waals surface area contributed by atoms with Crippen molar-refractivity contribution >= 4 is 24.0 Å². The van der Waals surface area contributed by atoms with E-state index < -0.39 is 0 Å². The van der Waals surface area contributed by atoms with Crippen LogP contribution < -0.4 is 5.73 Å². The normalized spacial score (nSPS) is 14.8. The van der Waals surface area contributed by atoms with E-state index in [1.807, 2.05) is 24.3 Å². The van der Waals surface area contributed by atoms with Crippen molar-refractivity contribution in [3.05, 3.63) is 29.8 Å². The van der Waals surface area contributed by atoms with Gasteiger partial charge in [-0.15, -0.1) is 12.4 Å². The number of nitrogens with zero attached hydrogens (tertiary/aromatic N) is 1. The highest BCUT2D eigenvalue weighted by atomic mass is 35.5. The van der Waals surface area contributed by atoms with Gasteiger partial charge >= 0.3 is 0 Å². The van der Waals surface area contributed by atoms with Gasteiger partial charge in [0.05, 0.1) is 0 Å².